The van der Waals surface area contributed by atoms with Crippen molar-refractivity contribution in [2.75, 3.05) is 11.9 Å². The molecule has 0 radical (unpaired) electrons. The van der Waals surface area contributed by atoms with E-state index in [-0.39, 0.29) is 5.92 Å². The molecule has 0 amide bonds. The Hall–Kier alpha value is -1.48. The summed E-state index contributed by atoms with van der Waals surface area (Å²) in [7, 11) is 0. The zero-order valence-corrected chi connectivity index (χ0v) is 11.9. The van der Waals surface area contributed by atoms with E-state index in [4.69, 9.17) is 17.3 Å². The number of aryl methyl sites for hydroxylation is 1. The number of nitrogens with two attached hydrogens (primary N) is 1. The molecule has 0 saturated carbocycles. The van der Waals surface area contributed by atoms with E-state index in [0.717, 1.165) is 22.0 Å². The van der Waals surface area contributed by atoms with Gasteiger partial charge in [-0.3, -0.25) is 0 Å². The quantitative estimate of drug-likeness (QED) is 0.631. The van der Waals surface area contributed by atoms with Crippen molar-refractivity contribution >= 4 is 23.1 Å². The number of rotatable bonds is 5. The van der Waals surface area contributed by atoms with Crippen LogP contribution >= 0.6 is 11.6 Å². The average molecular weight is 266 g/mol. The van der Waals surface area contributed by atoms with Crippen LogP contribution in [0.5, 0.6) is 0 Å². The molecule has 0 aromatic heterocycles. The Morgan fingerprint density at radius 3 is 2.78 bits per heavy atom. The number of anilines is 1. The summed E-state index contributed by atoms with van der Waals surface area (Å²) in [6.45, 7) is 10.2. The number of hydrogen-bond acceptors (Lipinski definition) is 2. The predicted molar refractivity (Wildman–Crippen MR) is 80.3 cm³/mol. The topological polar surface area (TPSA) is 50.4 Å². The molecule has 0 aliphatic heterocycles. The highest BCUT2D eigenvalue weighted by molar-refractivity contribution is 6.31. The monoisotopic (exact) mass is 265 g/mol. The Morgan fingerprint density at radius 1 is 1.56 bits per heavy atom. The molecule has 0 aliphatic carbocycles. The summed E-state index contributed by atoms with van der Waals surface area (Å²) in [4.78, 5) is 4.16. The molecule has 0 aliphatic rings. The minimum Gasteiger partial charge on any atom is -0.387 e. The third-order valence-electron chi connectivity index (χ3n) is 2.61. The number of benzene rings is 1. The van der Waals surface area contributed by atoms with Crippen LogP contribution in [0.15, 0.2) is 35.5 Å². The molecule has 0 heterocycles. The smallest absolute Gasteiger partial charge is 0.104 e. The molecule has 1 atom stereocenters. The van der Waals surface area contributed by atoms with Crippen LogP contribution in [0, 0.1) is 12.8 Å². The Kier molecular flexibility index (Phi) is 5.23. The van der Waals surface area contributed by atoms with Crippen LogP contribution in [0.25, 0.3) is 0 Å². The highest BCUT2D eigenvalue weighted by Crippen LogP contribution is 2.20. The number of nitrogens with zero attached hydrogens (tertiary/aromatic N) is 1. The van der Waals surface area contributed by atoms with Crippen molar-refractivity contribution in [3.8, 4) is 0 Å². The lowest BCUT2D eigenvalue weighted by Crippen LogP contribution is -2.27. The molecule has 0 spiro atoms. The fourth-order valence-electron chi connectivity index (χ4n) is 1.41. The lowest BCUT2D eigenvalue weighted by atomic mass is 10.1. The molecule has 0 saturated heterocycles. The van der Waals surface area contributed by atoms with Crippen LogP contribution in [-0.2, 0) is 0 Å². The van der Waals surface area contributed by atoms with Crippen LogP contribution in [-0.4, -0.2) is 12.4 Å². The molecule has 0 bridgehead atoms. The zero-order valence-electron chi connectivity index (χ0n) is 11.1. The second-order valence-corrected chi connectivity index (χ2v) is 4.93. The van der Waals surface area contributed by atoms with E-state index in [1.165, 1.54) is 0 Å². The van der Waals surface area contributed by atoms with Crippen molar-refractivity contribution in [3.63, 3.8) is 0 Å². The first-order valence-electron chi connectivity index (χ1n) is 5.89. The molecule has 4 heteroatoms. The number of halogens is 1. The van der Waals surface area contributed by atoms with E-state index < -0.39 is 0 Å². The fraction of sp³-hybridized carbons (Fsp3) is 0.357. The molecule has 3 N–H and O–H groups in total. The summed E-state index contributed by atoms with van der Waals surface area (Å²) >= 11 is 6.06. The summed E-state index contributed by atoms with van der Waals surface area (Å²) in [5, 5.41) is 4.05. The number of hydrogen-bond donors (Lipinski definition) is 2. The molecule has 18 heavy (non-hydrogen) atoms. The summed E-state index contributed by atoms with van der Waals surface area (Å²) in [5.41, 5.74) is 8.63. The van der Waals surface area contributed by atoms with Gasteiger partial charge in [0, 0.05) is 28.9 Å². The van der Waals surface area contributed by atoms with Crippen molar-refractivity contribution in [1.82, 2.24) is 0 Å². The van der Waals surface area contributed by atoms with Crippen molar-refractivity contribution < 1.29 is 0 Å². The van der Waals surface area contributed by atoms with Gasteiger partial charge in [0.05, 0.1) is 0 Å². The van der Waals surface area contributed by atoms with Gasteiger partial charge in [0.15, 0.2) is 0 Å². The first-order valence-corrected chi connectivity index (χ1v) is 6.27. The van der Waals surface area contributed by atoms with Crippen molar-refractivity contribution in [2.24, 2.45) is 16.6 Å². The van der Waals surface area contributed by atoms with Gasteiger partial charge < -0.3 is 11.1 Å². The molecule has 0 unspecified atom stereocenters. The molecule has 98 valence electrons. The van der Waals surface area contributed by atoms with Crippen LogP contribution < -0.4 is 11.1 Å². The molecular formula is C14H20ClN3. The molecule has 1 aromatic carbocycles. The number of aliphatic imine (C=N–C) groups is 1. The highest BCUT2D eigenvalue weighted by Gasteiger charge is 2.07. The highest BCUT2D eigenvalue weighted by atomic mass is 35.5. The molecule has 1 aromatic rings. The van der Waals surface area contributed by atoms with E-state index >= 15 is 0 Å². The standard InChI is InChI=1S/C14H20ClN3/c1-9(2)18-14(16)11(4)8-17-12-6-5-10(3)13(15)7-12/h5-7,11,17H,1,8H2,2-4H3,(H2,16,18)/t11-/m0/s1. The van der Waals surface area contributed by atoms with E-state index in [9.17, 15) is 0 Å². The van der Waals surface area contributed by atoms with Crippen molar-refractivity contribution in [2.45, 2.75) is 20.8 Å². The minimum absolute atomic E-state index is 0.141. The van der Waals surface area contributed by atoms with Gasteiger partial charge in [0.1, 0.15) is 5.84 Å². The van der Waals surface area contributed by atoms with Gasteiger partial charge in [-0.05, 0) is 31.5 Å². The summed E-state index contributed by atoms with van der Waals surface area (Å²) in [6, 6.07) is 5.90. The fourth-order valence-corrected chi connectivity index (χ4v) is 1.59. The predicted octanol–water partition coefficient (Wildman–Crippen LogP) is 3.59. The van der Waals surface area contributed by atoms with Gasteiger partial charge in [0.2, 0.25) is 0 Å². The maximum atomic E-state index is 6.06. The van der Waals surface area contributed by atoms with E-state index in [0.29, 0.717) is 12.4 Å². The molecule has 1 rings (SSSR count). The second kappa shape index (κ2) is 6.45. The summed E-state index contributed by atoms with van der Waals surface area (Å²) < 4.78 is 0. The first-order chi connectivity index (χ1) is 8.40. The van der Waals surface area contributed by atoms with Gasteiger partial charge in [-0.15, -0.1) is 0 Å². The zero-order chi connectivity index (χ0) is 13.7. The van der Waals surface area contributed by atoms with Gasteiger partial charge in [-0.2, -0.15) is 0 Å². The van der Waals surface area contributed by atoms with E-state index in [1.54, 1.807) is 0 Å². The molecule has 3 nitrogen and oxygen atoms in total. The lowest BCUT2D eigenvalue weighted by molar-refractivity contribution is 0.805. The lowest BCUT2D eigenvalue weighted by Gasteiger charge is -2.14. The Morgan fingerprint density at radius 2 is 2.22 bits per heavy atom. The van der Waals surface area contributed by atoms with Crippen LogP contribution in [0.1, 0.15) is 19.4 Å². The van der Waals surface area contributed by atoms with Gasteiger partial charge >= 0.3 is 0 Å². The van der Waals surface area contributed by atoms with Crippen molar-refractivity contribution in [1.29, 1.82) is 0 Å². The van der Waals surface area contributed by atoms with Gasteiger partial charge in [-0.25, -0.2) is 4.99 Å². The van der Waals surface area contributed by atoms with Crippen LogP contribution in [0.3, 0.4) is 0 Å². The third kappa shape index (κ3) is 4.41. The Bertz CT molecular complexity index is 466. The van der Waals surface area contributed by atoms with Gasteiger partial charge in [-0.1, -0.05) is 31.2 Å². The largest absolute Gasteiger partial charge is 0.387 e. The molecule has 0 fully saturated rings. The maximum absolute atomic E-state index is 6.06. The number of nitrogens with one attached hydrogen (secondary N) is 1. The maximum Gasteiger partial charge on any atom is 0.104 e. The summed E-state index contributed by atoms with van der Waals surface area (Å²) in [6.07, 6.45) is 0. The minimum atomic E-state index is 0.141. The second-order valence-electron chi connectivity index (χ2n) is 4.52. The number of allylic oxidation sites excluding steroid dienone is 1. The third-order valence-corrected chi connectivity index (χ3v) is 3.02. The SMILES string of the molecule is C=C(C)N=C(N)[C@@H](C)CNc1ccc(C)c(Cl)c1. The first kappa shape index (κ1) is 14.6. The van der Waals surface area contributed by atoms with E-state index in [1.807, 2.05) is 39.0 Å². The Balaban J connectivity index is 2.59. The number of amidine groups is 1. The average Bonchev–Trinajstić information content (AvgIpc) is 2.29. The summed E-state index contributed by atoms with van der Waals surface area (Å²) in [5.74, 6) is 0.731. The van der Waals surface area contributed by atoms with Gasteiger partial charge in [0.25, 0.3) is 0 Å². The van der Waals surface area contributed by atoms with Crippen LogP contribution in [0.4, 0.5) is 5.69 Å². The molecular weight excluding hydrogens is 246 g/mol. The van der Waals surface area contributed by atoms with Crippen molar-refractivity contribution in [3.05, 3.63) is 41.1 Å². The Labute approximate surface area is 114 Å². The normalized spacial score (nSPS) is 13.2. The van der Waals surface area contributed by atoms with Crippen LogP contribution in [0.2, 0.25) is 5.02 Å². The van der Waals surface area contributed by atoms with E-state index in [2.05, 4.69) is 16.9 Å².